The number of carbonyl (C=O) groups is 1. The van der Waals surface area contributed by atoms with Gasteiger partial charge in [-0.15, -0.1) is 0 Å². The highest BCUT2D eigenvalue weighted by Gasteiger charge is 2.45. The van der Waals surface area contributed by atoms with Gasteiger partial charge in [-0.25, -0.2) is 4.79 Å². The monoisotopic (exact) mass is 334 g/mol. The highest BCUT2D eigenvalue weighted by molar-refractivity contribution is 6.30. The molecule has 0 radical (unpaired) electrons. The minimum atomic E-state index is -0.241. The van der Waals surface area contributed by atoms with Crippen molar-refractivity contribution in [2.75, 3.05) is 0 Å². The number of hydrogen-bond donors (Lipinski definition) is 2. The lowest BCUT2D eigenvalue weighted by atomic mass is 10.1. The number of hydrogen-bond acceptors (Lipinski definition) is 1. The first-order valence-electron chi connectivity index (χ1n) is 7.14. The molecule has 2 aromatic rings. The zero-order chi connectivity index (χ0) is 15.6. The first-order valence-corrected chi connectivity index (χ1v) is 7.89. The summed E-state index contributed by atoms with van der Waals surface area (Å²) >= 11 is 11.7. The first kappa shape index (κ1) is 15.2. The van der Waals surface area contributed by atoms with Gasteiger partial charge in [0.15, 0.2) is 0 Å². The third-order valence-electron chi connectivity index (χ3n) is 3.87. The summed E-state index contributed by atoms with van der Waals surface area (Å²) in [5, 5.41) is 7.33. The number of halogens is 2. The normalized spacial score (nSPS) is 15.2. The summed E-state index contributed by atoms with van der Waals surface area (Å²) in [5.41, 5.74) is 1.86. The molecule has 2 N–H and O–H groups in total. The van der Waals surface area contributed by atoms with Crippen LogP contribution in [0.1, 0.15) is 24.0 Å². The summed E-state index contributed by atoms with van der Waals surface area (Å²) in [6.45, 7) is 0.472. The van der Waals surface area contributed by atoms with Gasteiger partial charge in [0, 0.05) is 16.6 Å². The summed E-state index contributed by atoms with van der Waals surface area (Å²) in [4.78, 5) is 12.1. The molecule has 1 aliphatic carbocycles. The minimum absolute atomic E-state index is 0.164. The van der Waals surface area contributed by atoms with Crippen molar-refractivity contribution in [3.63, 3.8) is 0 Å². The van der Waals surface area contributed by atoms with Gasteiger partial charge in [-0.1, -0.05) is 47.5 Å². The van der Waals surface area contributed by atoms with E-state index in [1.54, 1.807) is 0 Å². The van der Waals surface area contributed by atoms with Gasteiger partial charge in [-0.3, -0.25) is 0 Å². The predicted octanol–water partition coefficient (Wildman–Crippen LogP) is 4.48. The van der Waals surface area contributed by atoms with E-state index in [9.17, 15) is 4.79 Å². The summed E-state index contributed by atoms with van der Waals surface area (Å²) in [6, 6.07) is 14.9. The van der Waals surface area contributed by atoms with Crippen molar-refractivity contribution < 1.29 is 4.79 Å². The summed E-state index contributed by atoms with van der Waals surface area (Å²) in [7, 11) is 0. The molecular weight excluding hydrogens is 319 g/mol. The van der Waals surface area contributed by atoms with E-state index < -0.39 is 0 Å². The smallest absolute Gasteiger partial charge is 0.315 e. The quantitative estimate of drug-likeness (QED) is 0.850. The summed E-state index contributed by atoms with van der Waals surface area (Å²) in [6.07, 6.45) is 1.89. The second-order valence-electron chi connectivity index (χ2n) is 5.52. The Hall–Kier alpha value is -1.71. The molecule has 2 amide bonds. The molecule has 0 saturated heterocycles. The minimum Gasteiger partial charge on any atom is -0.334 e. The molecule has 0 heterocycles. The number of benzene rings is 2. The molecule has 3 rings (SSSR count). The lowest BCUT2D eigenvalue weighted by Crippen LogP contribution is -2.41. The number of nitrogens with one attached hydrogen (secondary N) is 2. The van der Waals surface area contributed by atoms with Crippen LogP contribution in [0.4, 0.5) is 4.79 Å². The molecule has 0 aliphatic heterocycles. The molecule has 1 aliphatic rings. The molecule has 0 atom stereocenters. The van der Waals surface area contributed by atoms with Gasteiger partial charge in [-0.2, -0.15) is 0 Å². The molecule has 0 aromatic heterocycles. The largest absolute Gasteiger partial charge is 0.334 e. The lowest BCUT2D eigenvalue weighted by molar-refractivity contribution is 0.235. The molecule has 1 saturated carbocycles. The van der Waals surface area contributed by atoms with E-state index in [0.717, 1.165) is 24.0 Å². The van der Waals surface area contributed by atoms with Gasteiger partial charge >= 0.3 is 6.03 Å². The Labute approximate surface area is 139 Å². The van der Waals surface area contributed by atoms with Crippen LogP contribution in [-0.2, 0) is 12.1 Å². The fraction of sp³-hybridized carbons (Fsp3) is 0.235. The van der Waals surface area contributed by atoms with Crippen LogP contribution < -0.4 is 10.6 Å². The Morgan fingerprint density at radius 2 is 1.50 bits per heavy atom. The third-order valence-corrected chi connectivity index (χ3v) is 4.37. The molecule has 0 bridgehead atoms. The molecule has 114 valence electrons. The van der Waals surface area contributed by atoms with Gasteiger partial charge < -0.3 is 10.6 Å². The van der Waals surface area contributed by atoms with Crippen LogP contribution in [0.3, 0.4) is 0 Å². The van der Waals surface area contributed by atoms with E-state index >= 15 is 0 Å². The Morgan fingerprint density at radius 1 is 0.955 bits per heavy atom. The molecule has 5 heteroatoms. The Kier molecular flexibility index (Phi) is 4.27. The van der Waals surface area contributed by atoms with Crippen LogP contribution in [0.2, 0.25) is 10.0 Å². The summed E-state index contributed by atoms with van der Waals surface area (Å²) < 4.78 is 0. The van der Waals surface area contributed by atoms with E-state index in [0.29, 0.717) is 16.6 Å². The van der Waals surface area contributed by atoms with Crippen molar-refractivity contribution in [1.29, 1.82) is 0 Å². The average molecular weight is 335 g/mol. The molecule has 2 aromatic carbocycles. The average Bonchev–Trinajstić information content (AvgIpc) is 3.28. The van der Waals surface area contributed by atoms with Crippen molar-refractivity contribution in [1.82, 2.24) is 10.6 Å². The molecular formula is C17H16Cl2N2O. The number of rotatable bonds is 4. The van der Waals surface area contributed by atoms with E-state index in [1.165, 1.54) is 0 Å². The van der Waals surface area contributed by atoms with Gasteiger partial charge in [0.05, 0.1) is 5.54 Å². The van der Waals surface area contributed by atoms with Crippen molar-refractivity contribution in [2.24, 2.45) is 0 Å². The first-order chi connectivity index (χ1) is 10.6. The van der Waals surface area contributed by atoms with E-state index in [-0.39, 0.29) is 11.6 Å². The third kappa shape index (κ3) is 3.54. The predicted molar refractivity (Wildman–Crippen MR) is 89.2 cm³/mol. The number of urea groups is 1. The van der Waals surface area contributed by atoms with Crippen LogP contribution >= 0.6 is 23.2 Å². The Bertz CT molecular complexity index is 664. The van der Waals surface area contributed by atoms with Crippen LogP contribution in [-0.4, -0.2) is 6.03 Å². The summed E-state index contributed by atoms with van der Waals surface area (Å²) in [5.74, 6) is 0. The molecule has 22 heavy (non-hydrogen) atoms. The Morgan fingerprint density at radius 3 is 2.05 bits per heavy atom. The zero-order valence-electron chi connectivity index (χ0n) is 11.9. The van der Waals surface area contributed by atoms with E-state index in [2.05, 4.69) is 10.6 Å². The van der Waals surface area contributed by atoms with Crippen LogP contribution in [0.25, 0.3) is 0 Å². The van der Waals surface area contributed by atoms with Crippen molar-refractivity contribution in [3.8, 4) is 0 Å². The van der Waals surface area contributed by atoms with Gasteiger partial charge in [0.25, 0.3) is 0 Å². The fourth-order valence-corrected chi connectivity index (χ4v) is 2.68. The maximum atomic E-state index is 12.1. The van der Waals surface area contributed by atoms with Crippen molar-refractivity contribution in [2.45, 2.75) is 24.9 Å². The maximum Gasteiger partial charge on any atom is 0.315 e. The van der Waals surface area contributed by atoms with Gasteiger partial charge in [-0.05, 0) is 48.2 Å². The molecule has 1 fully saturated rings. The topological polar surface area (TPSA) is 41.1 Å². The molecule has 0 spiro atoms. The van der Waals surface area contributed by atoms with Gasteiger partial charge in [0.1, 0.15) is 0 Å². The second-order valence-corrected chi connectivity index (χ2v) is 6.40. The fourth-order valence-electron chi connectivity index (χ4n) is 2.43. The van der Waals surface area contributed by atoms with Crippen LogP contribution in [0.15, 0.2) is 48.5 Å². The van der Waals surface area contributed by atoms with Crippen LogP contribution in [0, 0.1) is 0 Å². The van der Waals surface area contributed by atoms with Crippen molar-refractivity contribution >= 4 is 29.2 Å². The second kappa shape index (κ2) is 6.19. The van der Waals surface area contributed by atoms with Crippen LogP contribution in [0.5, 0.6) is 0 Å². The lowest BCUT2D eigenvalue weighted by Gasteiger charge is -2.18. The maximum absolute atomic E-state index is 12.1. The number of carbonyl (C=O) groups excluding carboxylic acids is 1. The van der Waals surface area contributed by atoms with Crippen molar-refractivity contribution in [3.05, 3.63) is 69.7 Å². The highest BCUT2D eigenvalue weighted by Crippen LogP contribution is 2.45. The standard InChI is InChI=1S/C17H16Cl2N2O/c18-14-5-1-12(2-6-14)11-20-16(22)21-17(9-10-17)13-3-7-15(19)8-4-13/h1-8H,9-11H2,(H2,20,21,22). The highest BCUT2D eigenvalue weighted by atomic mass is 35.5. The van der Waals surface area contributed by atoms with E-state index in [4.69, 9.17) is 23.2 Å². The van der Waals surface area contributed by atoms with Gasteiger partial charge in [0.2, 0.25) is 0 Å². The van der Waals surface area contributed by atoms with E-state index in [1.807, 2.05) is 48.5 Å². The Balaban J connectivity index is 1.57. The molecule has 0 unspecified atom stereocenters. The molecule has 3 nitrogen and oxygen atoms in total. The number of amides is 2. The SMILES string of the molecule is O=C(NCc1ccc(Cl)cc1)NC1(c2ccc(Cl)cc2)CC1. The zero-order valence-corrected chi connectivity index (χ0v) is 13.4.